The normalized spacial score (nSPS) is 40.7. The molecule has 4 rings (SSSR count). The molecule has 1 saturated carbocycles. The van der Waals surface area contributed by atoms with Crippen LogP contribution in [0.4, 0.5) is 0 Å². The second kappa shape index (κ2) is 4.04. The first-order chi connectivity index (χ1) is 8.40. The van der Waals surface area contributed by atoms with Crippen molar-refractivity contribution in [1.29, 1.82) is 0 Å². The standard InChI is InChI=1S/C13H18N2OS/c1-9-2-15(3-11-7-17-8-14-11)4-12(9)13-6-16-5-10(1)13/h7-10,12-13H,1-6H2/t9-,10+,12+,13-/m0/s1. The number of nitrogens with zero attached hydrogens (tertiary/aromatic N) is 2. The van der Waals surface area contributed by atoms with Crippen molar-refractivity contribution in [2.24, 2.45) is 23.7 Å². The number of aromatic nitrogens is 1. The molecule has 4 atom stereocenters. The van der Waals surface area contributed by atoms with E-state index in [1.807, 2.05) is 5.51 Å². The van der Waals surface area contributed by atoms with Gasteiger partial charge in [0.2, 0.25) is 0 Å². The Bertz CT molecular complexity index is 394. The van der Waals surface area contributed by atoms with Crippen molar-refractivity contribution in [1.82, 2.24) is 9.88 Å². The highest BCUT2D eigenvalue weighted by atomic mass is 32.1. The Morgan fingerprint density at radius 1 is 1.29 bits per heavy atom. The zero-order chi connectivity index (χ0) is 11.2. The molecule has 1 aromatic heterocycles. The van der Waals surface area contributed by atoms with Crippen LogP contribution >= 0.6 is 11.3 Å². The molecule has 0 unspecified atom stereocenters. The predicted molar refractivity (Wildman–Crippen MR) is 66.8 cm³/mol. The summed E-state index contributed by atoms with van der Waals surface area (Å²) in [5.74, 6) is 3.58. The molecule has 0 N–H and O–H groups in total. The van der Waals surface area contributed by atoms with E-state index in [4.69, 9.17) is 4.74 Å². The second-order valence-corrected chi connectivity index (χ2v) is 6.51. The minimum absolute atomic E-state index is 0.862. The average molecular weight is 250 g/mol. The van der Waals surface area contributed by atoms with Gasteiger partial charge < -0.3 is 4.74 Å². The zero-order valence-corrected chi connectivity index (χ0v) is 10.7. The Labute approximate surface area is 106 Å². The van der Waals surface area contributed by atoms with Crippen molar-refractivity contribution in [2.45, 2.75) is 13.0 Å². The Morgan fingerprint density at radius 3 is 3.18 bits per heavy atom. The van der Waals surface area contributed by atoms with E-state index in [1.165, 1.54) is 25.2 Å². The minimum atomic E-state index is 0.862. The van der Waals surface area contributed by atoms with Crippen LogP contribution in [0.1, 0.15) is 12.1 Å². The number of fused-ring (bicyclic) bond motifs is 3. The van der Waals surface area contributed by atoms with Gasteiger partial charge in [-0.2, -0.15) is 0 Å². The maximum atomic E-state index is 5.63. The maximum absolute atomic E-state index is 5.63. The Hall–Kier alpha value is -0.450. The van der Waals surface area contributed by atoms with Crippen LogP contribution in [0.25, 0.3) is 0 Å². The van der Waals surface area contributed by atoms with Gasteiger partial charge in [-0.05, 0) is 30.1 Å². The van der Waals surface area contributed by atoms with Gasteiger partial charge in [-0.1, -0.05) is 0 Å². The lowest BCUT2D eigenvalue weighted by atomic mass is 9.91. The van der Waals surface area contributed by atoms with Crippen LogP contribution in [-0.2, 0) is 11.3 Å². The highest BCUT2D eigenvalue weighted by Crippen LogP contribution is 2.48. The van der Waals surface area contributed by atoms with Crippen LogP contribution in [0.5, 0.6) is 0 Å². The summed E-state index contributed by atoms with van der Waals surface area (Å²) in [4.78, 5) is 6.99. The van der Waals surface area contributed by atoms with Gasteiger partial charge in [0.25, 0.3) is 0 Å². The highest BCUT2D eigenvalue weighted by molar-refractivity contribution is 7.07. The van der Waals surface area contributed by atoms with Gasteiger partial charge in [0.1, 0.15) is 0 Å². The van der Waals surface area contributed by atoms with Crippen LogP contribution < -0.4 is 0 Å². The summed E-state index contributed by atoms with van der Waals surface area (Å²) in [6, 6.07) is 0. The molecule has 1 aliphatic carbocycles. The van der Waals surface area contributed by atoms with Crippen LogP contribution in [0, 0.1) is 23.7 Å². The third-order valence-electron chi connectivity index (χ3n) is 4.84. The lowest BCUT2D eigenvalue weighted by Crippen LogP contribution is -2.24. The third-order valence-corrected chi connectivity index (χ3v) is 5.47. The van der Waals surface area contributed by atoms with Crippen molar-refractivity contribution >= 4 is 11.3 Å². The number of likely N-dealkylation sites (tertiary alicyclic amines) is 1. The van der Waals surface area contributed by atoms with E-state index < -0.39 is 0 Å². The van der Waals surface area contributed by atoms with Crippen molar-refractivity contribution in [3.8, 4) is 0 Å². The lowest BCUT2D eigenvalue weighted by molar-refractivity contribution is 0.158. The van der Waals surface area contributed by atoms with E-state index >= 15 is 0 Å². The van der Waals surface area contributed by atoms with Crippen LogP contribution in [-0.4, -0.2) is 36.2 Å². The quantitative estimate of drug-likeness (QED) is 0.801. The van der Waals surface area contributed by atoms with E-state index in [1.54, 1.807) is 11.3 Å². The largest absolute Gasteiger partial charge is 0.381 e. The topological polar surface area (TPSA) is 25.4 Å². The molecular weight excluding hydrogens is 232 g/mol. The van der Waals surface area contributed by atoms with Gasteiger partial charge in [-0.15, -0.1) is 11.3 Å². The first-order valence-electron chi connectivity index (χ1n) is 6.57. The SMILES string of the molecule is c1nc(CN2C[C@@H]3C[C@@H]4COC[C@@H]4[C@@H]3C2)cs1. The van der Waals surface area contributed by atoms with Crippen LogP contribution in [0.15, 0.2) is 10.9 Å². The highest BCUT2D eigenvalue weighted by Gasteiger charge is 2.49. The third kappa shape index (κ3) is 1.74. The Kier molecular flexibility index (Phi) is 2.49. The molecule has 0 amide bonds. The molecule has 3 nitrogen and oxygen atoms in total. The van der Waals surface area contributed by atoms with Crippen LogP contribution in [0.3, 0.4) is 0 Å². The summed E-state index contributed by atoms with van der Waals surface area (Å²) >= 11 is 1.70. The summed E-state index contributed by atoms with van der Waals surface area (Å²) < 4.78 is 5.63. The second-order valence-electron chi connectivity index (χ2n) is 5.79. The monoisotopic (exact) mass is 250 g/mol. The molecule has 3 aliphatic rings. The molecule has 0 radical (unpaired) electrons. The van der Waals surface area contributed by atoms with Gasteiger partial charge in [0, 0.05) is 31.6 Å². The number of ether oxygens (including phenoxy) is 1. The molecule has 4 heteroatoms. The smallest absolute Gasteiger partial charge is 0.0795 e. The number of hydrogen-bond donors (Lipinski definition) is 0. The Morgan fingerprint density at radius 2 is 2.29 bits per heavy atom. The molecule has 0 bridgehead atoms. The average Bonchev–Trinajstić information content (AvgIpc) is 2.99. The predicted octanol–water partition coefficient (Wildman–Crippen LogP) is 1.86. The van der Waals surface area contributed by atoms with Gasteiger partial charge in [-0.3, -0.25) is 4.90 Å². The zero-order valence-electron chi connectivity index (χ0n) is 9.92. The van der Waals surface area contributed by atoms with Crippen molar-refractivity contribution in [2.75, 3.05) is 26.3 Å². The molecule has 0 aromatic carbocycles. The number of hydrogen-bond acceptors (Lipinski definition) is 4. The minimum Gasteiger partial charge on any atom is -0.381 e. The van der Waals surface area contributed by atoms with Gasteiger partial charge in [0.15, 0.2) is 0 Å². The van der Waals surface area contributed by atoms with Crippen molar-refractivity contribution in [3.05, 3.63) is 16.6 Å². The maximum Gasteiger partial charge on any atom is 0.0795 e. The molecule has 92 valence electrons. The van der Waals surface area contributed by atoms with Gasteiger partial charge >= 0.3 is 0 Å². The summed E-state index contributed by atoms with van der Waals surface area (Å²) in [5.41, 5.74) is 3.18. The molecule has 3 heterocycles. The molecule has 17 heavy (non-hydrogen) atoms. The number of thiazole rings is 1. The fourth-order valence-corrected chi connectivity index (χ4v) is 4.67. The van der Waals surface area contributed by atoms with E-state index in [0.29, 0.717) is 0 Å². The van der Waals surface area contributed by atoms with Gasteiger partial charge in [-0.25, -0.2) is 4.98 Å². The Balaban J connectivity index is 1.43. The van der Waals surface area contributed by atoms with E-state index in [-0.39, 0.29) is 0 Å². The van der Waals surface area contributed by atoms with Gasteiger partial charge in [0.05, 0.1) is 17.8 Å². The summed E-state index contributed by atoms with van der Waals surface area (Å²) in [6.45, 7) is 5.66. The fraction of sp³-hybridized carbons (Fsp3) is 0.769. The molecule has 0 spiro atoms. The van der Waals surface area contributed by atoms with Crippen molar-refractivity contribution in [3.63, 3.8) is 0 Å². The fourth-order valence-electron chi connectivity index (χ4n) is 4.12. The molecule has 1 aromatic rings. The molecular formula is C13H18N2OS. The molecule has 3 fully saturated rings. The summed E-state index contributed by atoms with van der Waals surface area (Å²) in [7, 11) is 0. The first-order valence-corrected chi connectivity index (χ1v) is 7.51. The number of rotatable bonds is 2. The summed E-state index contributed by atoms with van der Waals surface area (Å²) in [5, 5.41) is 2.18. The lowest BCUT2D eigenvalue weighted by Gasteiger charge is -2.18. The first kappa shape index (κ1) is 10.5. The summed E-state index contributed by atoms with van der Waals surface area (Å²) in [6.07, 6.45) is 1.41. The van der Waals surface area contributed by atoms with E-state index in [2.05, 4.69) is 15.3 Å². The molecule has 2 saturated heterocycles. The van der Waals surface area contributed by atoms with E-state index in [9.17, 15) is 0 Å². The van der Waals surface area contributed by atoms with Crippen molar-refractivity contribution < 1.29 is 4.74 Å². The van der Waals surface area contributed by atoms with Crippen LogP contribution in [0.2, 0.25) is 0 Å². The van der Waals surface area contributed by atoms with E-state index in [0.717, 1.165) is 43.4 Å². The molecule has 2 aliphatic heterocycles.